The lowest BCUT2D eigenvalue weighted by Crippen LogP contribution is -2.79. The molecule has 0 bridgehead atoms. The topological polar surface area (TPSA) is 286 Å². The summed E-state index contributed by atoms with van der Waals surface area (Å²) in [7, 11) is 0. The van der Waals surface area contributed by atoms with Crippen LogP contribution in [0.1, 0.15) is 24.0 Å². The zero-order chi connectivity index (χ0) is 33.4. The molecule has 0 saturated carbocycles. The van der Waals surface area contributed by atoms with E-state index in [9.17, 15) is 29.1 Å². The normalized spacial score (nSPS) is 19.2. The SMILES string of the molecule is NCC(=O)C(C(=O)C1CCCN1)(C(CN=C(N)N)C(=O)C(N)Cc1ccccc1)C(N)(C(=O)O)C(=O)C(N)Cc1ccccc1. The summed E-state index contributed by atoms with van der Waals surface area (Å²) in [6.07, 6.45) is 0.398. The molecule has 1 fully saturated rings. The first-order valence-electron chi connectivity index (χ1n) is 14.6. The second kappa shape index (κ2) is 15.1. The third-order valence-electron chi connectivity index (χ3n) is 8.36. The van der Waals surface area contributed by atoms with Crippen LogP contribution >= 0.6 is 0 Å². The number of nitrogens with two attached hydrogens (primary N) is 6. The zero-order valence-corrected chi connectivity index (χ0v) is 24.9. The number of carboxylic acids is 1. The van der Waals surface area contributed by atoms with Crippen LogP contribution in [0, 0.1) is 11.3 Å². The zero-order valence-electron chi connectivity index (χ0n) is 24.9. The van der Waals surface area contributed by atoms with Crippen molar-refractivity contribution >= 4 is 35.1 Å². The van der Waals surface area contributed by atoms with Crippen LogP contribution in [-0.2, 0) is 36.8 Å². The predicted molar refractivity (Wildman–Crippen MR) is 168 cm³/mol. The summed E-state index contributed by atoms with van der Waals surface area (Å²) in [5.41, 5.74) is 31.0. The fourth-order valence-corrected chi connectivity index (χ4v) is 6.12. The molecule has 14 N–H and O–H groups in total. The van der Waals surface area contributed by atoms with E-state index in [1.807, 2.05) is 0 Å². The molecule has 242 valence electrons. The number of aliphatic imine (C=N–C) groups is 1. The van der Waals surface area contributed by atoms with E-state index in [1.54, 1.807) is 60.7 Å². The molecule has 14 nitrogen and oxygen atoms in total. The van der Waals surface area contributed by atoms with Gasteiger partial charge in [-0.2, -0.15) is 0 Å². The van der Waals surface area contributed by atoms with Gasteiger partial charge >= 0.3 is 5.97 Å². The number of carboxylic acid groups (broad SMARTS) is 1. The van der Waals surface area contributed by atoms with Gasteiger partial charge in [0.25, 0.3) is 0 Å². The maximum absolute atomic E-state index is 14.7. The number of carbonyl (C=O) groups is 5. The first-order chi connectivity index (χ1) is 21.3. The molecule has 0 aromatic heterocycles. The van der Waals surface area contributed by atoms with Crippen molar-refractivity contribution in [3.05, 3.63) is 71.8 Å². The molecule has 45 heavy (non-hydrogen) atoms. The van der Waals surface area contributed by atoms with Crippen LogP contribution in [0.2, 0.25) is 0 Å². The highest BCUT2D eigenvalue weighted by Gasteiger charge is 2.72. The summed E-state index contributed by atoms with van der Waals surface area (Å²) in [6.45, 7) is -1.40. The second-order valence-corrected chi connectivity index (χ2v) is 11.2. The predicted octanol–water partition coefficient (Wildman–Crippen LogP) is -2.23. The first kappa shape index (κ1) is 35.1. The average Bonchev–Trinajstić information content (AvgIpc) is 3.57. The molecule has 1 aliphatic heterocycles. The Labute approximate surface area is 261 Å². The smallest absolute Gasteiger partial charge is 0.333 e. The number of nitrogens with zero attached hydrogens (tertiary/aromatic N) is 1. The van der Waals surface area contributed by atoms with Crippen LogP contribution in [0.15, 0.2) is 65.7 Å². The van der Waals surface area contributed by atoms with Gasteiger partial charge in [-0.05, 0) is 43.4 Å². The largest absolute Gasteiger partial charge is 0.479 e. The summed E-state index contributed by atoms with van der Waals surface area (Å²) in [4.78, 5) is 74.8. The number of nitrogens with one attached hydrogen (secondary N) is 1. The quantitative estimate of drug-likeness (QED) is 0.0527. The van der Waals surface area contributed by atoms with E-state index < -0.39 is 83.1 Å². The monoisotopic (exact) mass is 622 g/mol. The number of hydrogen-bond acceptors (Lipinski definition) is 11. The summed E-state index contributed by atoms with van der Waals surface area (Å²) >= 11 is 0. The minimum Gasteiger partial charge on any atom is -0.479 e. The molecule has 14 heteroatoms. The first-order valence-corrected chi connectivity index (χ1v) is 14.6. The number of aliphatic carboxylic acids is 1. The average molecular weight is 623 g/mol. The van der Waals surface area contributed by atoms with Gasteiger partial charge in [0.2, 0.25) is 0 Å². The van der Waals surface area contributed by atoms with Gasteiger partial charge < -0.3 is 44.8 Å². The Morgan fingerprint density at radius 2 is 1.44 bits per heavy atom. The van der Waals surface area contributed by atoms with Gasteiger partial charge in [0, 0.05) is 0 Å². The van der Waals surface area contributed by atoms with Crippen molar-refractivity contribution in [3.63, 3.8) is 0 Å². The van der Waals surface area contributed by atoms with Crippen molar-refractivity contribution in [1.82, 2.24) is 5.32 Å². The summed E-state index contributed by atoms with van der Waals surface area (Å²) < 4.78 is 0. The van der Waals surface area contributed by atoms with Crippen LogP contribution in [0.25, 0.3) is 0 Å². The summed E-state index contributed by atoms with van der Waals surface area (Å²) in [5.74, 6) is -9.28. The van der Waals surface area contributed by atoms with Crippen LogP contribution in [0.4, 0.5) is 0 Å². The van der Waals surface area contributed by atoms with Gasteiger partial charge in [-0.1, -0.05) is 60.7 Å². The Morgan fingerprint density at radius 3 is 1.89 bits per heavy atom. The molecule has 0 spiro atoms. The number of guanidine groups is 1. The fourth-order valence-electron chi connectivity index (χ4n) is 6.12. The molecular formula is C31H42N8O6. The maximum atomic E-state index is 14.7. The highest BCUT2D eigenvalue weighted by Crippen LogP contribution is 2.45. The fraction of sp³-hybridized carbons (Fsp3) is 0.419. The molecule has 2 aromatic carbocycles. The number of hydrogen-bond donors (Lipinski definition) is 8. The molecule has 6 unspecified atom stereocenters. The van der Waals surface area contributed by atoms with E-state index in [-0.39, 0.29) is 19.3 Å². The van der Waals surface area contributed by atoms with Crippen molar-refractivity contribution in [2.45, 2.75) is 49.3 Å². The van der Waals surface area contributed by atoms with Crippen LogP contribution in [-0.4, -0.2) is 83.5 Å². The van der Waals surface area contributed by atoms with Gasteiger partial charge in [0.05, 0.1) is 37.1 Å². The van der Waals surface area contributed by atoms with Gasteiger partial charge in [-0.25, -0.2) is 4.79 Å². The minimum atomic E-state index is -3.38. The Balaban J connectivity index is 2.33. The van der Waals surface area contributed by atoms with Gasteiger partial charge in [-0.3, -0.25) is 24.2 Å². The maximum Gasteiger partial charge on any atom is 0.333 e. The Bertz CT molecular complexity index is 1410. The number of carbonyl (C=O) groups excluding carboxylic acids is 4. The molecule has 6 atom stereocenters. The minimum absolute atomic E-state index is 0.0626. The number of benzene rings is 2. The van der Waals surface area contributed by atoms with E-state index in [1.165, 1.54) is 0 Å². The second-order valence-electron chi connectivity index (χ2n) is 11.2. The molecule has 1 heterocycles. The lowest BCUT2D eigenvalue weighted by Gasteiger charge is -2.48. The lowest BCUT2D eigenvalue weighted by molar-refractivity contribution is -0.171. The van der Waals surface area contributed by atoms with Gasteiger partial charge in [-0.15, -0.1) is 0 Å². The third-order valence-corrected chi connectivity index (χ3v) is 8.36. The van der Waals surface area contributed by atoms with Crippen LogP contribution < -0.4 is 39.7 Å². The standard InChI is InChI=1S/C31H42N8O6/c32-16-24(40)30(27(43)23-12-7-13-38-23,31(37,28(44)45)26(42)22(34)15-19-10-5-2-6-11-19)20(17-39-29(35)36)25(41)21(33)14-18-8-3-1-4-9-18/h1-6,8-11,20-23,38H,7,12-17,32-34,37H2,(H,44,45)(H4,35,36,39). The molecule has 0 aliphatic carbocycles. The van der Waals surface area contributed by atoms with E-state index >= 15 is 0 Å². The van der Waals surface area contributed by atoms with Crippen molar-refractivity contribution < 1.29 is 29.1 Å². The molecule has 0 amide bonds. The van der Waals surface area contributed by atoms with Gasteiger partial charge in [0.15, 0.2) is 34.6 Å². The highest BCUT2D eigenvalue weighted by molar-refractivity contribution is 6.26. The Morgan fingerprint density at radius 1 is 0.911 bits per heavy atom. The van der Waals surface area contributed by atoms with Crippen LogP contribution in [0.5, 0.6) is 0 Å². The molecule has 3 rings (SSSR count). The van der Waals surface area contributed by atoms with E-state index in [4.69, 9.17) is 34.4 Å². The molecule has 2 aromatic rings. The van der Waals surface area contributed by atoms with E-state index in [0.29, 0.717) is 24.1 Å². The number of ketones is 4. The Hall–Kier alpha value is -4.34. The number of Topliss-reactive ketones (excluding diaryl/α,β-unsaturated/α-hetero) is 4. The summed E-state index contributed by atoms with van der Waals surface area (Å²) in [5, 5.41) is 13.7. The van der Waals surface area contributed by atoms with E-state index in [2.05, 4.69) is 10.3 Å². The Kier molecular flexibility index (Phi) is 11.8. The summed E-state index contributed by atoms with van der Waals surface area (Å²) in [6, 6.07) is 12.9. The van der Waals surface area contributed by atoms with Gasteiger partial charge in [0.1, 0.15) is 5.41 Å². The molecular weight excluding hydrogens is 580 g/mol. The lowest BCUT2D eigenvalue weighted by atomic mass is 9.52. The van der Waals surface area contributed by atoms with Crippen molar-refractivity contribution in [2.24, 2.45) is 50.7 Å². The van der Waals surface area contributed by atoms with Crippen molar-refractivity contribution in [2.75, 3.05) is 19.6 Å². The highest BCUT2D eigenvalue weighted by atomic mass is 16.4. The molecule has 1 aliphatic rings. The van der Waals surface area contributed by atoms with Crippen LogP contribution in [0.3, 0.4) is 0 Å². The number of rotatable bonds is 17. The molecule has 0 radical (unpaired) electrons. The van der Waals surface area contributed by atoms with Crippen molar-refractivity contribution in [1.29, 1.82) is 0 Å². The third kappa shape index (κ3) is 7.16. The molecule has 1 saturated heterocycles. The van der Waals surface area contributed by atoms with Crippen molar-refractivity contribution in [3.8, 4) is 0 Å². The van der Waals surface area contributed by atoms with E-state index in [0.717, 1.165) is 0 Å².